The lowest BCUT2D eigenvalue weighted by Gasteiger charge is -2.25. The third-order valence-corrected chi connectivity index (χ3v) is 3.96. The Hall–Kier alpha value is -1.92. The van der Waals surface area contributed by atoms with E-state index in [0.29, 0.717) is 23.5 Å². The minimum absolute atomic E-state index is 0.0199. The molecule has 0 radical (unpaired) electrons. The minimum atomic E-state index is -0.375. The monoisotopic (exact) mass is 293 g/mol. The Labute approximate surface area is 124 Å². The number of nitrogens with one attached hydrogen (secondary N) is 1. The van der Waals surface area contributed by atoms with Gasteiger partial charge in [0.1, 0.15) is 5.69 Å². The summed E-state index contributed by atoms with van der Waals surface area (Å²) in [4.78, 5) is 21.6. The molecule has 0 atom stereocenters. The zero-order valence-corrected chi connectivity index (χ0v) is 12.9. The largest absolute Gasteiger partial charge is 0.354 e. The first kappa shape index (κ1) is 15.5. The predicted octanol–water partition coefficient (Wildman–Crippen LogP) is 2.89. The maximum absolute atomic E-state index is 11.4. The SMILES string of the molecule is CCCNc1nc(C)c([N+](=O)[O-])c(N(C)C2CCCC2)n1. The second-order valence-electron chi connectivity index (χ2n) is 5.54. The Morgan fingerprint density at radius 1 is 1.38 bits per heavy atom. The lowest BCUT2D eigenvalue weighted by molar-refractivity contribution is -0.385. The normalized spacial score (nSPS) is 15.2. The molecule has 21 heavy (non-hydrogen) atoms. The molecule has 0 saturated heterocycles. The van der Waals surface area contributed by atoms with Crippen LogP contribution < -0.4 is 10.2 Å². The topological polar surface area (TPSA) is 84.2 Å². The molecule has 0 bridgehead atoms. The first-order chi connectivity index (χ1) is 10.0. The van der Waals surface area contributed by atoms with Crippen LogP contribution in [0.3, 0.4) is 0 Å². The van der Waals surface area contributed by atoms with Crippen LogP contribution in [-0.4, -0.2) is 34.5 Å². The van der Waals surface area contributed by atoms with E-state index in [9.17, 15) is 10.1 Å². The van der Waals surface area contributed by atoms with Crippen LogP contribution in [0.1, 0.15) is 44.7 Å². The van der Waals surface area contributed by atoms with E-state index in [-0.39, 0.29) is 10.6 Å². The number of hydrogen-bond donors (Lipinski definition) is 1. The molecule has 1 heterocycles. The van der Waals surface area contributed by atoms with E-state index in [1.54, 1.807) is 6.92 Å². The fourth-order valence-corrected chi connectivity index (χ4v) is 2.79. The van der Waals surface area contributed by atoms with Gasteiger partial charge in [-0.1, -0.05) is 19.8 Å². The standard InChI is InChI=1S/C14H23N5O2/c1-4-9-15-14-16-10(2)12(19(20)21)13(17-14)18(3)11-7-5-6-8-11/h11H,4-9H2,1-3H3,(H,15,16,17). The van der Waals surface area contributed by atoms with Gasteiger partial charge in [-0.05, 0) is 26.2 Å². The highest BCUT2D eigenvalue weighted by Gasteiger charge is 2.29. The van der Waals surface area contributed by atoms with Crippen LogP contribution >= 0.6 is 0 Å². The van der Waals surface area contributed by atoms with Gasteiger partial charge in [0, 0.05) is 19.6 Å². The van der Waals surface area contributed by atoms with Crippen molar-refractivity contribution in [3.05, 3.63) is 15.8 Å². The number of hydrogen-bond acceptors (Lipinski definition) is 6. The third kappa shape index (κ3) is 3.40. The molecule has 0 spiro atoms. The third-order valence-electron chi connectivity index (χ3n) is 3.96. The molecule has 1 saturated carbocycles. The molecule has 1 N–H and O–H groups in total. The van der Waals surface area contributed by atoms with Crippen molar-refractivity contribution in [1.82, 2.24) is 9.97 Å². The van der Waals surface area contributed by atoms with E-state index < -0.39 is 0 Å². The second kappa shape index (κ2) is 6.69. The number of rotatable bonds is 6. The smallest absolute Gasteiger partial charge is 0.332 e. The molecule has 116 valence electrons. The lowest BCUT2D eigenvalue weighted by atomic mass is 10.2. The van der Waals surface area contributed by atoms with Crippen molar-refractivity contribution in [2.75, 3.05) is 23.8 Å². The summed E-state index contributed by atoms with van der Waals surface area (Å²) in [6.45, 7) is 4.48. The van der Waals surface area contributed by atoms with Crippen LogP contribution in [0.5, 0.6) is 0 Å². The zero-order chi connectivity index (χ0) is 15.4. The van der Waals surface area contributed by atoms with Gasteiger partial charge in [0.15, 0.2) is 0 Å². The van der Waals surface area contributed by atoms with Crippen LogP contribution in [0.2, 0.25) is 0 Å². The Morgan fingerprint density at radius 3 is 2.62 bits per heavy atom. The molecule has 1 aliphatic rings. The molecule has 1 aliphatic carbocycles. The fraction of sp³-hybridized carbons (Fsp3) is 0.714. The quantitative estimate of drug-likeness (QED) is 0.641. The maximum atomic E-state index is 11.4. The highest BCUT2D eigenvalue weighted by atomic mass is 16.6. The van der Waals surface area contributed by atoms with Crippen molar-refractivity contribution in [3.8, 4) is 0 Å². The van der Waals surface area contributed by atoms with Crippen molar-refractivity contribution in [3.63, 3.8) is 0 Å². The van der Waals surface area contributed by atoms with Crippen molar-refractivity contribution in [2.45, 2.75) is 52.0 Å². The maximum Gasteiger partial charge on any atom is 0.332 e. The Bertz CT molecular complexity index is 514. The van der Waals surface area contributed by atoms with Crippen LogP contribution in [-0.2, 0) is 0 Å². The zero-order valence-electron chi connectivity index (χ0n) is 12.9. The second-order valence-corrected chi connectivity index (χ2v) is 5.54. The van der Waals surface area contributed by atoms with Crippen LogP contribution in [0.4, 0.5) is 17.5 Å². The van der Waals surface area contributed by atoms with Gasteiger partial charge in [0.2, 0.25) is 11.8 Å². The average Bonchev–Trinajstić information content (AvgIpc) is 2.97. The Balaban J connectivity index is 2.38. The van der Waals surface area contributed by atoms with E-state index in [1.807, 2.05) is 11.9 Å². The Morgan fingerprint density at radius 2 is 2.05 bits per heavy atom. The first-order valence-corrected chi connectivity index (χ1v) is 7.54. The average molecular weight is 293 g/mol. The highest BCUT2D eigenvalue weighted by molar-refractivity contribution is 5.62. The fourth-order valence-electron chi connectivity index (χ4n) is 2.79. The molecule has 0 aliphatic heterocycles. The molecule has 7 heteroatoms. The molecule has 0 amide bonds. The van der Waals surface area contributed by atoms with E-state index in [4.69, 9.17) is 0 Å². The summed E-state index contributed by atoms with van der Waals surface area (Å²) in [6, 6.07) is 0.331. The molecule has 7 nitrogen and oxygen atoms in total. The van der Waals surface area contributed by atoms with Gasteiger partial charge < -0.3 is 10.2 Å². The summed E-state index contributed by atoms with van der Waals surface area (Å²) >= 11 is 0. The molecular weight excluding hydrogens is 270 g/mol. The molecule has 1 fully saturated rings. The van der Waals surface area contributed by atoms with Gasteiger partial charge >= 0.3 is 5.69 Å². The highest BCUT2D eigenvalue weighted by Crippen LogP contribution is 2.33. The van der Waals surface area contributed by atoms with Gasteiger partial charge in [-0.2, -0.15) is 4.98 Å². The van der Waals surface area contributed by atoms with Gasteiger partial charge in [-0.3, -0.25) is 10.1 Å². The summed E-state index contributed by atoms with van der Waals surface area (Å²) in [5.41, 5.74) is 0.430. The van der Waals surface area contributed by atoms with E-state index in [2.05, 4.69) is 22.2 Å². The number of aromatic nitrogens is 2. The summed E-state index contributed by atoms with van der Waals surface area (Å²) in [5.74, 6) is 0.901. The predicted molar refractivity (Wildman–Crippen MR) is 82.9 cm³/mol. The van der Waals surface area contributed by atoms with Crippen LogP contribution in [0.15, 0.2) is 0 Å². The Kier molecular flexibility index (Phi) is 4.93. The van der Waals surface area contributed by atoms with E-state index in [1.165, 1.54) is 12.8 Å². The summed E-state index contributed by atoms with van der Waals surface area (Å²) in [5, 5.41) is 14.5. The van der Waals surface area contributed by atoms with Gasteiger partial charge in [-0.25, -0.2) is 4.98 Å². The molecular formula is C14H23N5O2. The summed E-state index contributed by atoms with van der Waals surface area (Å²) < 4.78 is 0. The molecule has 1 aromatic heterocycles. The summed E-state index contributed by atoms with van der Waals surface area (Å²) in [7, 11) is 1.90. The number of nitrogens with zero attached hydrogens (tertiary/aromatic N) is 4. The van der Waals surface area contributed by atoms with Crippen molar-refractivity contribution in [2.24, 2.45) is 0 Å². The number of anilines is 2. The lowest BCUT2D eigenvalue weighted by Crippen LogP contribution is -2.31. The summed E-state index contributed by atoms with van der Waals surface area (Å²) in [6.07, 6.45) is 5.43. The van der Waals surface area contributed by atoms with Gasteiger partial charge in [-0.15, -0.1) is 0 Å². The first-order valence-electron chi connectivity index (χ1n) is 7.54. The van der Waals surface area contributed by atoms with Gasteiger partial charge in [0.05, 0.1) is 4.92 Å². The van der Waals surface area contributed by atoms with E-state index >= 15 is 0 Å². The van der Waals surface area contributed by atoms with Crippen molar-refractivity contribution in [1.29, 1.82) is 0 Å². The van der Waals surface area contributed by atoms with Gasteiger partial charge in [0.25, 0.3) is 0 Å². The van der Waals surface area contributed by atoms with Crippen molar-refractivity contribution >= 4 is 17.5 Å². The van der Waals surface area contributed by atoms with Crippen LogP contribution in [0.25, 0.3) is 0 Å². The van der Waals surface area contributed by atoms with Crippen molar-refractivity contribution < 1.29 is 4.92 Å². The van der Waals surface area contributed by atoms with Crippen LogP contribution in [0, 0.1) is 17.0 Å². The molecule has 0 unspecified atom stereocenters. The molecule has 0 aromatic carbocycles. The number of nitro groups is 1. The minimum Gasteiger partial charge on any atom is -0.354 e. The number of aryl methyl sites for hydroxylation is 1. The molecule has 1 aromatic rings. The van der Waals surface area contributed by atoms with E-state index in [0.717, 1.165) is 25.8 Å². The molecule has 2 rings (SSSR count).